The number of aliphatic hydroxyl groups excluding tert-OH is 1. The van der Waals surface area contributed by atoms with Crippen LogP contribution in [0.4, 0.5) is 0 Å². The topological polar surface area (TPSA) is 29.5 Å². The summed E-state index contributed by atoms with van der Waals surface area (Å²) in [7, 11) is 1.74. The lowest BCUT2D eigenvalue weighted by atomic mass is 9.56. The standard InChI is InChI=1S/C20H26O2/c1-12-10-14(22-3)11-13-4-5-15-16(19(12)13)8-9-20(2)17(15)6-7-18(20)21/h4-5,10-11,15-18,21H,6-9H2,1-3H3/t15-,16-,17-,18+,20+/m1/s1. The molecule has 2 fully saturated rings. The van der Waals surface area contributed by atoms with Crippen molar-refractivity contribution in [3.63, 3.8) is 0 Å². The number of aryl methyl sites for hydroxylation is 1. The highest BCUT2D eigenvalue weighted by Gasteiger charge is 2.53. The van der Waals surface area contributed by atoms with Crippen molar-refractivity contribution in [3.8, 4) is 5.75 Å². The normalized spacial score (nSPS) is 39.1. The highest BCUT2D eigenvalue weighted by Crippen LogP contribution is 2.60. The molecule has 0 spiro atoms. The third kappa shape index (κ3) is 1.83. The van der Waals surface area contributed by atoms with Crippen LogP contribution in [0.25, 0.3) is 6.08 Å². The van der Waals surface area contributed by atoms with Gasteiger partial charge in [0.1, 0.15) is 5.75 Å². The van der Waals surface area contributed by atoms with Gasteiger partial charge in [-0.25, -0.2) is 0 Å². The summed E-state index contributed by atoms with van der Waals surface area (Å²) in [6, 6.07) is 4.35. The van der Waals surface area contributed by atoms with Crippen molar-refractivity contribution >= 4 is 6.08 Å². The van der Waals surface area contributed by atoms with E-state index in [0.29, 0.717) is 17.8 Å². The molecule has 0 bridgehead atoms. The molecule has 1 N–H and O–H groups in total. The Hall–Kier alpha value is -1.28. The van der Waals surface area contributed by atoms with Gasteiger partial charge in [-0.15, -0.1) is 0 Å². The Kier molecular flexibility index (Phi) is 3.16. The smallest absolute Gasteiger partial charge is 0.119 e. The van der Waals surface area contributed by atoms with E-state index in [4.69, 9.17) is 4.74 Å². The lowest BCUT2D eigenvalue weighted by molar-refractivity contribution is -0.00803. The van der Waals surface area contributed by atoms with E-state index in [2.05, 4.69) is 38.1 Å². The van der Waals surface area contributed by atoms with Crippen LogP contribution in [0.2, 0.25) is 0 Å². The minimum absolute atomic E-state index is 0.106. The third-order valence-electron chi connectivity index (χ3n) is 6.78. The maximum absolute atomic E-state index is 10.5. The molecule has 0 amide bonds. The number of allylic oxidation sites excluding steroid dienone is 1. The first kappa shape index (κ1) is 14.3. The van der Waals surface area contributed by atoms with Crippen LogP contribution in [-0.4, -0.2) is 18.3 Å². The second-order valence-electron chi connectivity index (χ2n) is 7.73. The molecule has 4 rings (SSSR count). The van der Waals surface area contributed by atoms with E-state index in [-0.39, 0.29) is 11.5 Å². The molecule has 2 heteroatoms. The number of hydrogen-bond donors (Lipinski definition) is 1. The molecule has 0 unspecified atom stereocenters. The molecule has 0 aliphatic heterocycles. The van der Waals surface area contributed by atoms with E-state index >= 15 is 0 Å². The van der Waals surface area contributed by atoms with Crippen LogP contribution in [0.1, 0.15) is 55.2 Å². The molecule has 5 atom stereocenters. The van der Waals surface area contributed by atoms with Gasteiger partial charge in [-0.05, 0) is 84.6 Å². The number of aliphatic hydroxyl groups is 1. The number of methoxy groups -OCH3 is 1. The third-order valence-corrected chi connectivity index (χ3v) is 6.78. The van der Waals surface area contributed by atoms with Gasteiger partial charge in [0, 0.05) is 0 Å². The molecule has 0 heterocycles. The lowest BCUT2D eigenvalue weighted by Gasteiger charge is -2.48. The van der Waals surface area contributed by atoms with E-state index in [1.54, 1.807) is 7.11 Å². The summed E-state index contributed by atoms with van der Waals surface area (Å²) >= 11 is 0. The Balaban J connectivity index is 1.77. The average Bonchev–Trinajstić information content (AvgIpc) is 2.82. The monoisotopic (exact) mass is 298 g/mol. The molecule has 0 radical (unpaired) electrons. The summed E-state index contributed by atoms with van der Waals surface area (Å²) in [5, 5.41) is 10.5. The zero-order chi connectivity index (χ0) is 15.5. The number of fused-ring (bicyclic) bond motifs is 5. The van der Waals surface area contributed by atoms with Gasteiger partial charge in [0.15, 0.2) is 0 Å². The van der Waals surface area contributed by atoms with E-state index in [0.717, 1.165) is 18.6 Å². The van der Waals surface area contributed by atoms with Gasteiger partial charge in [0.2, 0.25) is 0 Å². The zero-order valence-corrected chi connectivity index (χ0v) is 13.8. The maximum Gasteiger partial charge on any atom is 0.119 e. The number of ether oxygens (including phenoxy) is 1. The summed E-state index contributed by atoms with van der Waals surface area (Å²) < 4.78 is 5.43. The van der Waals surface area contributed by atoms with Gasteiger partial charge in [-0.2, -0.15) is 0 Å². The Morgan fingerprint density at radius 3 is 2.82 bits per heavy atom. The maximum atomic E-state index is 10.5. The highest BCUT2D eigenvalue weighted by molar-refractivity contribution is 5.63. The number of hydrogen-bond acceptors (Lipinski definition) is 2. The second kappa shape index (κ2) is 4.86. The molecule has 3 aliphatic rings. The molecule has 2 nitrogen and oxygen atoms in total. The first-order valence-electron chi connectivity index (χ1n) is 8.59. The van der Waals surface area contributed by atoms with Crippen molar-refractivity contribution in [2.45, 2.75) is 51.6 Å². The van der Waals surface area contributed by atoms with Crippen molar-refractivity contribution in [2.24, 2.45) is 17.3 Å². The summed E-state index contributed by atoms with van der Waals surface area (Å²) in [5.74, 6) is 2.80. The van der Waals surface area contributed by atoms with Crippen molar-refractivity contribution in [1.29, 1.82) is 0 Å². The van der Waals surface area contributed by atoms with Crippen LogP contribution >= 0.6 is 0 Å². The van der Waals surface area contributed by atoms with E-state index in [1.165, 1.54) is 29.5 Å². The van der Waals surface area contributed by atoms with Crippen molar-refractivity contribution in [2.75, 3.05) is 7.11 Å². The van der Waals surface area contributed by atoms with Crippen LogP contribution in [0, 0.1) is 24.2 Å². The van der Waals surface area contributed by atoms with Gasteiger partial charge in [-0.1, -0.05) is 19.1 Å². The van der Waals surface area contributed by atoms with Gasteiger partial charge in [0.25, 0.3) is 0 Å². The summed E-state index contributed by atoms with van der Waals surface area (Å²) in [6.45, 7) is 4.53. The minimum Gasteiger partial charge on any atom is -0.497 e. The summed E-state index contributed by atoms with van der Waals surface area (Å²) in [4.78, 5) is 0. The fourth-order valence-electron chi connectivity index (χ4n) is 5.54. The lowest BCUT2D eigenvalue weighted by Crippen LogP contribution is -2.42. The van der Waals surface area contributed by atoms with Gasteiger partial charge in [-0.3, -0.25) is 0 Å². The van der Waals surface area contributed by atoms with Gasteiger partial charge < -0.3 is 9.84 Å². The predicted molar refractivity (Wildman–Crippen MR) is 89.1 cm³/mol. The van der Waals surface area contributed by atoms with Crippen LogP contribution in [-0.2, 0) is 0 Å². The van der Waals surface area contributed by atoms with Crippen molar-refractivity contribution in [3.05, 3.63) is 34.9 Å². The summed E-state index contributed by atoms with van der Waals surface area (Å²) in [6.07, 6.45) is 9.11. The molecule has 0 aromatic heterocycles. The molecule has 118 valence electrons. The SMILES string of the molecule is COc1cc(C)c2c(c1)C=C[C@H]1[C@H]3CC[C@H](O)[C@@]3(C)CC[C@@H]21. The molecule has 2 saturated carbocycles. The van der Waals surface area contributed by atoms with Gasteiger partial charge in [0.05, 0.1) is 13.2 Å². The van der Waals surface area contributed by atoms with E-state index in [9.17, 15) is 5.11 Å². The fraction of sp³-hybridized carbons (Fsp3) is 0.600. The average molecular weight is 298 g/mol. The number of benzene rings is 1. The predicted octanol–water partition coefficient (Wildman–Crippen LogP) is 4.30. The fourth-order valence-corrected chi connectivity index (χ4v) is 5.54. The van der Waals surface area contributed by atoms with E-state index < -0.39 is 0 Å². The minimum atomic E-state index is -0.106. The first-order valence-corrected chi connectivity index (χ1v) is 8.59. The number of rotatable bonds is 1. The summed E-state index contributed by atoms with van der Waals surface area (Å²) in [5.41, 5.74) is 4.34. The first-order chi connectivity index (χ1) is 10.5. The molecular formula is C20H26O2. The molecule has 1 aromatic rings. The largest absolute Gasteiger partial charge is 0.497 e. The van der Waals surface area contributed by atoms with Gasteiger partial charge >= 0.3 is 0 Å². The van der Waals surface area contributed by atoms with E-state index in [1.807, 2.05) is 0 Å². The Labute approximate surface area is 133 Å². The molecule has 0 saturated heterocycles. The van der Waals surface area contributed by atoms with Crippen molar-refractivity contribution < 1.29 is 9.84 Å². The Bertz CT molecular complexity index is 633. The second-order valence-corrected chi connectivity index (χ2v) is 7.73. The van der Waals surface area contributed by atoms with Crippen LogP contribution < -0.4 is 4.74 Å². The van der Waals surface area contributed by atoms with Crippen molar-refractivity contribution in [1.82, 2.24) is 0 Å². The van der Waals surface area contributed by atoms with Crippen LogP contribution in [0.5, 0.6) is 5.75 Å². The zero-order valence-electron chi connectivity index (χ0n) is 13.8. The van der Waals surface area contributed by atoms with Crippen LogP contribution in [0.3, 0.4) is 0 Å². The Morgan fingerprint density at radius 2 is 2.05 bits per heavy atom. The highest BCUT2D eigenvalue weighted by atomic mass is 16.5. The quantitative estimate of drug-likeness (QED) is 0.837. The molecular weight excluding hydrogens is 272 g/mol. The Morgan fingerprint density at radius 1 is 1.23 bits per heavy atom. The molecule has 3 aliphatic carbocycles. The van der Waals surface area contributed by atoms with Crippen LogP contribution in [0.15, 0.2) is 18.2 Å². The molecule has 1 aromatic carbocycles. The molecule has 22 heavy (non-hydrogen) atoms.